The number of oxazole rings is 1. The number of esters is 1. The van der Waals surface area contributed by atoms with Crippen LogP contribution in [0.15, 0.2) is 33.6 Å². The Morgan fingerprint density at radius 2 is 1.61 bits per heavy atom. The third-order valence-electron chi connectivity index (χ3n) is 5.87. The molecule has 2 aromatic heterocycles. The molecule has 4 aromatic rings. The van der Waals surface area contributed by atoms with Crippen molar-refractivity contribution < 1.29 is 59.1 Å². The molecular formula is C25H18F7N5O7. The number of halogens is 7. The predicted octanol–water partition coefficient (Wildman–Crippen LogP) is 4.93. The van der Waals surface area contributed by atoms with Crippen molar-refractivity contribution in [2.45, 2.75) is 33.1 Å². The van der Waals surface area contributed by atoms with E-state index in [-0.39, 0.29) is 17.3 Å². The number of aromatic nitrogens is 3. The van der Waals surface area contributed by atoms with Gasteiger partial charge in [-0.1, -0.05) is 4.73 Å². The highest BCUT2D eigenvalue weighted by Gasteiger charge is 2.45. The summed E-state index contributed by atoms with van der Waals surface area (Å²) in [5.41, 5.74) is -1.23. The fourth-order valence-electron chi connectivity index (χ4n) is 3.66. The van der Waals surface area contributed by atoms with E-state index in [1.54, 1.807) is 12.1 Å². The molecule has 2 aromatic carbocycles. The van der Waals surface area contributed by atoms with Gasteiger partial charge in [-0.25, -0.2) is 23.8 Å². The van der Waals surface area contributed by atoms with Crippen LogP contribution < -0.4 is 30.7 Å². The second-order valence-electron chi connectivity index (χ2n) is 8.93. The summed E-state index contributed by atoms with van der Waals surface area (Å²) in [4.78, 5) is 47.5. The number of carbonyl (C=O) groups is 2. The lowest BCUT2D eigenvalue weighted by Gasteiger charge is -2.16. The third kappa shape index (κ3) is 6.35. The lowest BCUT2D eigenvalue weighted by atomic mass is 10.1. The van der Waals surface area contributed by atoms with Crippen molar-refractivity contribution in [3.8, 4) is 11.5 Å². The van der Waals surface area contributed by atoms with E-state index in [1.165, 1.54) is 20.2 Å². The van der Waals surface area contributed by atoms with Gasteiger partial charge < -0.3 is 29.4 Å². The van der Waals surface area contributed by atoms with Crippen LogP contribution in [0, 0.1) is 26.6 Å². The first kappa shape index (κ1) is 31.6. The van der Waals surface area contributed by atoms with Gasteiger partial charge in [-0.15, -0.1) is 0 Å². The van der Waals surface area contributed by atoms with Crippen LogP contribution in [0.1, 0.15) is 16.7 Å². The van der Waals surface area contributed by atoms with E-state index in [2.05, 4.69) is 34.6 Å². The van der Waals surface area contributed by atoms with E-state index >= 15 is 4.39 Å². The van der Waals surface area contributed by atoms with Crippen molar-refractivity contribution in [2.75, 3.05) is 17.7 Å². The molecule has 0 radical (unpaired) electrons. The molecule has 0 fully saturated rings. The zero-order chi connectivity index (χ0) is 32.7. The molecule has 0 amide bonds. The van der Waals surface area contributed by atoms with Gasteiger partial charge in [-0.05, 0) is 38.0 Å². The maximum absolute atomic E-state index is 15.0. The SMILES string of the molecule is COc1cc(Nc2ncc(C)c(Nc3cc(F)c4oc(=O)n(OC(=O)C(F)(F)F)c4c3OC(=O)C(F)(F)F)n2)cc(C)c1C. The predicted molar refractivity (Wildman–Crippen MR) is 136 cm³/mol. The number of fused-ring (bicyclic) bond motifs is 1. The van der Waals surface area contributed by atoms with Gasteiger partial charge in [-0.3, -0.25) is 0 Å². The molecule has 0 aliphatic heterocycles. The zero-order valence-electron chi connectivity index (χ0n) is 22.7. The number of methoxy groups -OCH3 is 1. The number of aryl methyl sites for hydroxylation is 2. The minimum absolute atomic E-state index is 0.0990. The van der Waals surface area contributed by atoms with Crippen LogP contribution in [0.5, 0.6) is 11.5 Å². The third-order valence-corrected chi connectivity index (χ3v) is 5.87. The van der Waals surface area contributed by atoms with Crippen LogP contribution in [0.25, 0.3) is 11.1 Å². The van der Waals surface area contributed by atoms with Crippen LogP contribution in [-0.2, 0) is 9.59 Å². The number of alkyl halides is 6. The van der Waals surface area contributed by atoms with Gasteiger partial charge in [0.2, 0.25) is 5.95 Å². The van der Waals surface area contributed by atoms with Crippen molar-refractivity contribution in [1.29, 1.82) is 0 Å². The highest BCUT2D eigenvalue weighted by Crippen LogP contribution is 2.39. The summed E-state index contributed by atoms with van der Waals surface area (Å²) >= 11 is 0. The number of ether oxygens (including phenoxy) is 2. The number of anilines is 4. The molecule has 0 atom stereocenters. The van der Waals surface area contributed by atoms with E-state index in [0.717, 1.165) is 11.1 Å². The minimum atomic E-state index is -5.71. The number of hydrogen-bond donors (Lipinski definition) is 2. The molecule has 4 rings (SSSR count). The molecule has 0 unspecified atom stereocenters. The number of rotatable bonds is 7. The maximum atomic E-state index is 15.0. The second kappa shape index (κ2) is 11.4. The lowest BCUT2D eigenvalue weighted by Crippen LogP contribution is -2.37. The number of nitrogens with zero attached hydrogens (tertiary/aromatic N) is 3. The quantitative estimate of drug-likeness (QED) is 0.162. The Morgan fingerprint density at radius 3 is 2.23 bits per heavy atom. The van der Waals surface area contributed by atoms with Crippen molar-refractivity contribution in [2.24, 2.45) is 0 Å². The van der Waals surface area contributed by atoms with E-state index in [4.69, 9.17) is 4.74 Å². The summed E-state index contributed by atoms with van der Waals surface area (Å²) in [6.07, 6.45) is -10.1. The molecule has 44 heavy (non-hydrogen) atoms. The van der Waals surface area contributed by atoms with Crippen molar-refractivity contribution in [1.82, 2.24) is 14.7 Å². The molecule has 0 bridgehead atoms. The Hall–Kier alpha value is -5.36. The van der Waals surface area contributed by atoms with Crippen LogP contribution in [0.4, 0.5) is 53.9 Å². The van der Waals surface area contributed by atoms with Crippen LogP contribution in [-0.4, -0.2) is 46.1 Å². The van der Waals surface area contributed by atoms with E-state index < -0.39 is 63.1 Å². The molecule has 19 heteroatoms. The Kier molecular flexibility index (Phi) is 8.16. The lowest BCUT2D eigenvalue weighted by molar-refractivity contribution is -0.200. The zero-order valence-corrected chi connectivity index (χ0v) is 22.7. The molecule has 12 nitrogen and oxygen atoms in total. The first-order chi connectivity index (χ1) is 20.4. The summed E-state index contributed by atoms with van der Waals surface area (Å²) in [5.74, 6) is -10.7. The number of hydrogen-bond acceptors (Lipinski definition) is 11. The van der Waals surface area contributed by atoms with Gasteiger partial charge in [0.25, 0.3) is 0 Å². The molecule has 0 aliphatic carbocycles. The second-order valence-corrected chi connectivity index (χ2v) is 8.93. The average Bonchev–Trinajstić information content (AvgIpc) is 3.25. The summed E-state index contributed by atoms with van der Waals surface area (Å²) in [6.45, 7) is 5.05. The van der Waals surface area contributed by atoms with Gasteiger partial charge in [-0.2, -0.15) is 31.3 Å². The van der Waals surface area contributed by atoms with Gasteiger partial charge in [0.05, 0.1) is 12.8 Å². The minimum Gasteiger partial charge on any atom is -0.496 e. The molecule has 234 valence electrons. The first-order valence-corrected chi connectivity index (χ1v) is 11.9. The standard InChI is InChI=1S/C25H18F7N5O7/c1-9-5-12(6-15(41-4)11(9)3)34-22-33-8-10(2)19(36-22)35-14-7-13(26)17-16(18(14)42-20(38)24(27,28)29)37(23(40)43-17)44-21(39)25(30,31)32/h5-8H,1-4H3,(H2,33,34,35,36). The highest BCUT2D eigenvalue weighted by molar-refractivity contribution is 5.93. The highest BCUT2D eigenvalue weighted by atomic mass is 19.4. The fraction of sp³-hybridized carbons (Fsp3) is 0.240. The van der Waals surface area contributed by atoms with Gasteiger partial charge in [0, 0.05) is 29.6 Å². The molecule has 0 saturated carbocycles. The van der Waals surface area contributed by atoms with Gasteiger partial charge >= 0.3 is 30.0 Å². The normalized spacial score (nSPS) is 11.8. The van der Waals surface area contributed by atoms with Crippen molar-refractivity contribution in [3.05, 3.63) is 57.5 Å². The number of benzene rings is 2. The smallest absolute Gasteiger partial charge is 0.493 e. The van der Waals surface area contributed by atoms with Crippen LogP contribution >= 0.6 is 0 Å². The van der Waals surface area contributed by atoms with Crippen molar-refractivity contribution in [3.63, 3.8) is 0 Å². The molecular weight excluding hydrogens is 615 g/mol. The maximum Gasteiger partial charge on any atom is 0.493 e. The summed E-state index contributed by atoms with van der Waals surface area (Å²) in [7, 11) is 1.46. The average molecular weight is 633 g/mol. The molecule has 2 N–H and O–H groups in total. The Balaban J connectivity index is 1.85. The largest absolute Gasteiger partial charge is 0.496 e. The summed E-state index contributed by atoms with van der Waals surface area (Å²) < 4.78 is 106. The summed E-state index contributed by atoms with van der Waals surface area (Å²) in [5, 5.41) is 5.28. The summed E-state index contributed by atoms with van der Waals surface area (Å²) in [6, 6.07) is 3.76. The molecule has 2 heterocycles. The molecule has 0 spiro atoms. The number of carbonyl (C=O) groups excluding carboxylic acids is 2. The van der Waals surface area contributed by atoms with E-state index in [1.807, 2.05) is 13.8 Å². The Labute approximate surface area is 240 Å². The van der Waals surface area contributed by atoms with E-state index in [9.17, 15) is 40.7 Å². The topological polar surface area (TPSA) is 147 Å². The Bertz CT molecular complexity index is 1850. The van der Waals surface area contributed by atoms with Gasteiger partial charge in [0.1, 0.15) is 11.6 Å². The van der Waals surface area contributed by atoms with Crippen LogP contribution in [0.2, 0.25) is 0 Å². The van der Waals surface area contributed by atoms with Gasteiger partial charge in [0.15, 0.2) is 22.7 Å². The van der Waals surface area contributed by atoms with Crippen LogP contribution in [0.3, 0.4) is 0 Å². The van der Waals surface area contributed by atoms with E-state index in [0.29, 0.717) is 17.5 Å². The van der Waals surface area contributed by atoms with Crippen molar-refractivity contribution >= 4 is 46.2 Å². The Morgan fingerprint density at radius 1 is 0.955 bits per heavy atom. The first-order valence-electron chi connectivity index (χ1n) is 11.9. The monoisotopic (exact) mass is 633 g/mol. The molecule has 0 aliphatic rings. The fourth-order valence-corrected chi connectivity index (χ4v) is 3.66. The number of nitrogens with one attached hydrogen (secondary N) is 2. The molecule has 0 saturated heterocycles.